The Bertz CT molecular complexity index is 207. The maximum atomic E-state index is 4.82. The van der Waals surface area contributed by atoms with Gasteiger partial charge in [-0.3, -0.25) is 0 Å². The molecule has 3 heteroatoms. The zero-order chi connectivity index (χ0) is 11.7. The lowest BCUT2D eigenvalue weighted by Crippen LogP contribution is -2.45. The van der Waals surface area contributed by atoms with Gasteiger partial charge >= 0.3 is 9.28 Å². The van der Waals surface area contributed by atoms with Crippen LogP contribution in [0.15, 0.2) is 0 Å². The molecular formula is C12H26O2Si. The van der Waals surface area contributed by atoms with Crippen LogP contribution in [0.2, 0.25) is 6.55 Å². The van der Waals surface area contributed by atoms with Crippen molar-refractivity contribution in [1.29, 1.82) is 0 Å². The summed E-state index contributed by atoms with van der Waals surface area (Å²) < 4.78 is 9.63. The Morgan fingerprint density at radius 3 is 1.73 bits per heavy atom. The highest BCUT2D eigenvalue weighted by Crippen LogP contribution is 2.70. The van der Waals surface area contributed by atoms with Gasteiger partial charge in [-0.15, -0.1) is 0 Å². The third-order valence-corrected chi connectivity index (χ3v) is 6.31. The van der Waals surface area contributed by atoms with Crippen molar-refractivity contribution < 1.29 is 8.85 Å². The second kappa shape index (κ2) is 4.56. The van der Waals surface area contributed by atoms with Crippen LogP contribution < -0.4 is 0 Å². The summed E-state index contributed by atoms with van der Waals surface area (Å²) in [4.78, 5) is 0. The minimum atomic E-state index is -1.16. The largest absolute Gasteiger partial charge is 0.400 e. The maximum Gasteiger partial charge on any atom is 0.317 e. The molecule has 3 rings (SSSR count). The molecule has 0 heterocycles. The zero-order valence-corrected chi connectivity index (χ0v) is 12.2. The molecule has 3 saturated carbocycles. The summed E-state index contributed by atoms with van der Waals surface area (Å²) in [5.41, 5.74) is 1.42. The molecular weight excluding hydrogens is 204 g/mol. The van der Waals surface area contributed by atoms with E-state index in [1.165, 1.54) is 19.3 Å². The molecule has 90 valence electrons. The first-order valence-corrected chi connectivity index (χ1v) is 8.03. The summed E-state index contributed by atoms with van der Waals surface area (Å²) in [5.74, 6) is 1.07. The van der Waals surface area contributed by atoms with Crippen LogP contribution in [-0.4, -0.2) is 23.5 Å². The van der Waals surface area contributed by atoms with Gasteiger partial charge in [0.25, 0.3) is 0 Å². The normalized spacial score (nSPS) is 35.8. The van der Waals surface area contributed by atoms with Crippen LogP contribution in [0.4, 0.5) is 0 Å². The van der Waals surface area contributed by atoms with Crippen molar-refractivity contribution in [3.63, 3.8) is 0 Å². The number of rotatable bonds is 2. The molecule has 2 bridgehead atoms. The average molecular weight is 230 g/mol. The van der Waals surface area contributed by atoms with E-state index < -0.39 is 9.28 Å². The van der Waals surface area contributed by atoms with Crippen molar-refractivity contribution in [3.8, 4) is 0 Å². The molecule has 0 radical (unpaired) electrons. The minimum absolute atomic E-state index is 0.688. The SMILES string of the molecule is CC12CCC(C1)C2(C)C.CO[SiH](C)OC. The highest BCUT2D eigenvalue weighted by atomic mass is 28.3. The van der Waals surface area contributed by atoms with Crippen LogP contribution in [0.25, 0.3) is 0 Å². The predicted octanol–water partition coefficient (Wildman–Crippen LogP) is 2.96. The Kier molecular flexibility index (Phi) is 4.01. The monoisotopic (exact) mass is 230 g/mol. The van der Waals surface area contributed by atoms with Crippen LogP contribution in [0.5, 0.6) is 0 Å². The highest BCUT2D eigenvalue weighted by molar-refractivity contribution is 6.42. The second-order valence-corrected chi connectivity index (χ2v) is 7.84. The lowest BCUT2D eigenvalue weighted by Gasteiger charge is -2.53. The van der Waals surface area contributed by atoms with Crippen molar-refractivity contribution in [2.24, 2.45) is 16.7 Å². The van der Waals surface area contributed by atoms with E-state index in [1.807, 2.05) is 6.55 Å². The van der Waals surface area contributed by atoms with Crippen molar-refractivity contribution in [3.05, 3.63) is 0 Å². The van der Waals surface area contributed by atoms with E-state index in [4.69, 9.17) is 8.85 Å². The maximum absolute atomic E-state index is 4.82. The molecule has 0 aliphatic heterocycles. The molecule has 0 spiro atoms. The summed E-state index contributed by atoms with van der Waals surface area (Å²) in [6.07, 6.45) is 4.51. The van der Waals surface area contributed by atoms with Crippen molar-refractivity contribution in [1.82, 2.24) is 0 Å². The summed E-state index contributed by atoms with van der Waals surface area (Å²) in [7, 11) is 2.17. The first-order chi connectivity index (χ1) is 6.87. The van der Waals surface area contributed by atoms with Crippen LogP contribution in [0, 0.1) is 16.7 Å². The zero-order valence-electron chi connectivity index (χ0n) is 11.1. The number of hydrogen-bond donors (Lipinski definition) is 0. The summed E-state index contributed by atoms with van der Waals surface area (Å²) in [6.45, 7) is 9.30. The summed E-state index contributed by atoms with van der Waals surface area (Å²) in [6, 6.07) is 0. The molecule has 2 unspecified atom stereocenters. The van der Waals surface area contributed by atoms with E-state index in [0.29, 0.717) is 5.41 Å². The van der Waals surface area contributed by atoms with Gasteiger partial charge in [0.05, 0.1) is 0 Å². The summed E-state index contributed by atoms with van der Waals surface area (Å²) >= 11 is 0. The van der Waals surface area contributed by atoms with Crippen molar-refractivity contribution >= 4 is 9.28 Å². The molecule has 3 fully saturated rings. The van der Waals surface area contributed by atoms with Gasteiger partial charge in [-0.2, -0.15) is 0 Å². The molecule has 0 aromatic carbocycles. The van der Waals surface area contributed by atoms with Gasteiger partial charge in [0, 0.05) is 14.2 Å². The molecule has 3 aliphatic carbocycles. The van der Waals surface area contributed by atoms with Gasteiger partial charge in [0.2, 0.25) is 0 Å². The molecule has 2 atom stereocenters. The lowest BCUT2D eigenvalue weighted by atomic mass is 9.52. The fraction of sp³-hybridized carbons (Fsp3) is 1.00. The number of fused-ring (bicyclic) bond motifs is 1. The van der Waals surface area contributed by atoms with Crippen molar-refractivity contribution in [2.45, 2.75) is 46.6 Å². The molecule has 0 aromatic heterocycles. The minimum Gasteiger partial charge on any atom is -0.400 e. The first kappa shape index (κ1) is 13.2. The van der Waals surface area contributed by atoms with E-state index in [9.17, 15) is 0 Å². The van der Waals surface area contributed by atoms with Gasteiger partial charge in [-0.1, -0.05) is 20.8 Å². The second-order valence-electron chi connectivity index (χ2n) is 5.76. The summed E-state index contributed by atoms with van der Waals surface area (Å²) in [5, 5.41) is 0. The molecule has 0 amide bonds. The van der Waals surface area contributed by atoms with E-state index in [-0.39, 0.29) is 0 Å². The van der Waals surface area contributed by atoms with Crippen LogP contribution in [-0.2, 0) is 8.85 Å². The molecule has 3 aliphatic rings. The van der Waals surface area contributed by atoms with Gasteiger partial charge in [0.15, 0.2) is 0 Å². The van der Waals surface area contributed by atoms with Crippen LogP contribution in [0.1, 0.15) is 40.0 Å². The Morgan fingerprint density at radius 1 is 1.13 bits per heavy atom. The fourth-order valence-corrected chi connectivity index (χ4v) is 3.09. The molecule has 0 aromatic rings. The fourth-order valence-electron chi connectivity index (χ4n) is 2.90. The quantitative estimate of drug-likeness (QED) is 0.679. The van der Waals surface area contributed by atoms with Gasteiger partial charge < -0.3 is 8.85 Å². The highest BCUT2D eigenvalue weighted by Gasteiger charge is 2.61. The first-order valence-electron chi connectivity index (χ1n) is 5.93. The Labute approximate surface area is 96.2 Å². The van der Waals surface area contributed by atoms with Gasteiger partial charge in [0.1, 0.15) is 0 Å². The Morgan fingerprint density at radius 2 is 1.67 bits per heavy atom. The third kappa shape index (κ3) is 2.29. The standard InChI is InChI=1S/C9H16.C3H10O2Si/c1-8(2)7-4-5-9(8,3)6-7;1-4-6(3)5-2/h7H,4-6H2,1-3H3;6H,1-3H3. The van der Waals surface area contributed by atoms with Crippen LogP contribution >= 0.6 is 0 Å². The van der Waals surface area contributed by atoms with Crippen LogP contribution in [0.3, 0.4) is 0 Å². The Hall–Kier alpha value is 0.137. The number of hydrogen-bond acceptors (Lipinski definition) is 2. The predicted molar refractivity (Wildman–Crippen MR) is 66.3 cm³/mol. The molecule has 0 saturated heterocycles. The Balaban J connectivity index is 0.000000167. The molecule has 2 nitrogen and oxygen atoms in total. The van der Waals surface area contributed by atoms with E-state index >= 15 is 0 Å². The lowest BCUT2D eigenvalue weighted by molar-refractivity contribution is -0.0393. The smallest absolute Gasteiger partial charge is 0.317 e. The third-order valence-electron chi connectivity index (χ3n) is 4.98. The topological polar surface area (TPSA) is 18.5 Å². The average Bonchev–Trinajstić information content (AvgIpc) is 2.72. The van der Waals surface area contributed by atoms with E-state index in [2.05, 4.69) is 20.8 Å². The van der Waals surface area contributed by atoms with Gasteiger partial charge in [-0.05, 0) is 42.6 Å². The van der Waals surface area contributed by atoms with Gasteiger partial charge in [-0.25, -0.2) is 0 Å². The van der Waals surface area contributed by atoms with E-state index in [1.54, 1.807) is 14.2 Å². The molecule has 0 N–H and O–H groups in total. The van der Waals surface area contributed by atoms with Crippen molar-refractivity contribution in [2.75, 3.05) is 14.2 Å². The van der Waals surface area contributed by atoms with E-state index in [0.717, 1.165) is 11.3 Å². The molecule has 15 heavy (non-hydrogen) atoms.